The molecular weight excluding hydrogens is 1280 g/mol. The molecule has 0 radical (unpaired) electrons. The summed E-state index contributed by atoms with van der Waals surface area (Å²) in [5.41, 5.74) is 0. The topological polar surface area (TPSA) is 237 Å². The maximum atomic E-state index is 13.1. The average molecular weight is 1430 g/mol. The number of allylic oxidation sites excluding steroid dienone is 12. The summed E-state index contributed by atoms with van der Waals surface area (Å²) in [5, 5.41) is 10.6. The number of aliphatic hydroxyl groups excluding tert-OH is 1. The minimum atomic E-state index is -4.98. The Labute approximate surface area is 596 Å². The number of carbonyl (C=O) groups excluding carboxylic acids is 4. The average Bonchev–Trinajstić information content (AvgIpc) is 0.969. The summed E-state index contributed by atoms with van der Waals surface area (Å²) in [7, 11) is -9.95. The second-order valence-corrected chi connectivity index (χ2v) is 29.2. The van der Waals surface area contributed by atoms with Gasteiger partial charge in [-0.15, -0.1) is 0 Å². The molecule has 0 amide bonds. The van der Waals surface area contributed by atoms with Crippen molar-refractivity contribution in [1.29, 1.82) is 0 Å². The minimum Gasteiger partial charge on any atom is -0.462 e. The third-order valence-electron chi connectivity index (χ3n) is 16.6. The summed E-state index contributed by atoms with van der Waals surface area (Å²) in [6.45, 7) is 4.79. The summed E-state index contributed by atoms with van der Waals surface area (Å²) < 4.78 is 68.4. The van der Waals surface area contributed by atoms with Crippen molar-refractivity contribution >= 4 is 39.5 Å². The van der Waals surface area contributed by atoms with Crippen molar-refractivity contribution in [3.05, 3.63) is 72.9 Å². The summed E-state index contributed by atoms with van der Waals surface area (Å²) in [4.78, 5) is 72.8. The van der Waals surface area contributed by atoms with Gasteiger partial charge in [0.2, 0.25) is 0 Å². The molecular formula is C79H142O17P2. The van der Waals surface area contributed by atoms with E-state index in [2.05, 4.69) is 88.5 Å². The van der Waals surface area contributed by atoms with Crippen LogP contribution in [0.3, 0.4) is 0 Å². The molecule has 98 heavy (non-hydrogen) atoms. The Balaban J connectivity index is 5.37. The number of aliphatic hydroxyl groups is 1. The van der Waals surface area contributed by atoms with Crippen LogP contribution in [0.2, 0.25) is 0 Å². The van der Waals surface area contributed by atoms with E-state index in [4.69, 9.17) is 37.0 Å². The fourth-order valence-corrected chi connectivity index (χ4v) is 12.2. The lowest BCUT2D eigenvalue weighted by Crippen LogP contribution is -2.30. The van der Waals surface area contributed by atoms with Crippen molar-refractivity contribution < 1.29 is 80.2 Å². The molecule has 0 rings (SSSR count). The monoisotopic (exact) mass is 1420 g/mol. The number of rotatable bonds is 74. The molecule has 0 saturated carbocycles. The van der Waals surface area contributed by atoms with Crippen molar-refractivity contribution in [2.45, 2.75) is 367 Å². The first-order chi connectivity index (χ1) is 47.7. The predicted octanol–water partition coefficient (Wildman–Crippen LogP) is 22.4. The molecule has 0 aliphatic rings. The van der Waals surface area contributed by atoms with Gasteiger partial charge in [0.1, 0.15) is 19.3 Å². The second kappa shape index (κ2) is 71.9. The molecule has 0 bridgehead atoms. The quantitative estimate of drug-likeness (QED) is 0.0169. The van der Waals surface area contributed by atoms with E-state index >= 15 is 0 Å². The van der Waals surface area contributed by atoms with E-state index in [1.54, 1.807) is 0 Å². The van der Waals surface area contributed by atoms with Gasteiger partial charge in [-0.1, -0.05) is 280 Å². The summed E-state index contributed by atoms with van der Waals surface area (Å²) in [6, 6.07) is 0. The number of ether oxygens (including phenoxy) is 4. The molecule has 0 aromatic carbocycles. The van der Waals surface area contributed by atoms with Gasteiger partial charge in [-0.05, 0) is 116 Å². The molecule has 5 atom stereocenters. The van der Waals surface area contributed by atoms with E-state index in [9.17, 15) is 43.2 Å². The van der Waals surface area contributed by atoms with Gasteiger partial charge in [-0.25, -0.2) is 9.13 Å². The predicted molar refractivity (Wildman–Crippen MR) is 400 cm³/mol. The summed E-state index contributed by atoms with van der Waals surface area (Å²) in [5.74, 6) is -2.23. The molecule has 2 unspecified atom stereocenters. The SMILES string of the molecule is CCCCC/C=C\C/C=C\C/C=C\C/C=C\CCCC(=O)OC[C@H](COP(=O)(O)OC[C@H](O)COP(=O)(O)OC[C@@H](COC(=O)CCCCCCC/C=C\CCCCCCCC)OC(=O)CCCCCCCCCCCCCCC)OC(=O)CCCCCCC/C=C\CCCCCC. The van der Waals surface area contributed by atoms with Crippen molar-refractivity contribution in [3.63, 3.8) is 0 Å². The van der Waals surface area contributed by atoms with Gasteiger partial charge >= 0.3 is 39.5 Å². The van der Waals surface area contributed by atoms with Crippen LogP contribution in [0, 0.1) is 0 Å². The molecule has 0 aromatic heterocycles. The number of hydrogen-bond donors (Lipinski definition) is 3. The number of hydrogen-bond acceptors (Lipinski definition) is 15. The second-order valence-electron chi connectivity index (χ2n) is 26.3. The van der Waals surface area contributed by atoms with Crippen LogP contribution in [0.25, 0.3) is 0 Å². The van der Waals surface area contributed by atoms with Crippen LogP contribution in [0.1, 0.15) is 349 Å². The minimum absolute atomic E-state index is 0.0756. The first-order valence-corrected chi connectivity index (χ1v) is 42.2. The van der Waals surface area contributed by atoms with E-state index in [-0.39, 0.29) is 25.7 Å². The Bertz CT molecular complexity index is 2140. The third kappa shape index (κ3) is 70.9. The van der Waals surface area contributed by atoms with E-state index in [1.165, 1.54) is 135 Å². The Morgan fingerprint density at radius 3 is 0.847 bits per heavy atom. The van der Waals surface area contributed by atoms with Gasteiger partial charge in [0.25, 0.3) is 0 Å². The zero-order valence-corrected chi connectivity index (χ0v) is 64.0. The molecule has 0 heterocycles. The number of esters is 4. The van der Waals surface area contributed by atoms with Crippen LogP contribution in [0.15, 0.2) is 72.9 Å². The smallest absolute Gasteiger partial charge is 0.462 e. The third-order valence-corrected chi connectivity index (χ3v) is 18.5. The maximum absolute atomic E-state index is 13.1. The van der Waals surface area contributed by atoms with E-state index in [0.29, 0.717) is 32.1 Å². The first kappa shape index (κ1) is 94.5. The molecule has 0 aliphatic heterocycles. The largest absolute Gasteiger partial charge is 0.472 e. The molecule has 0 saturated heterocycles. The molecule has 0 fully saturated rings. The lowest BCUT2D eigenvalue weighted by molar-refractivity contribution is -0.161. The fourth-order valence-electron chi connectivity index (χ4n) is 10.6. The number of phosphoric acid groups is 2. The van der Waals surface area contributed by atoms with E-state index in [1.807, 2.05) is 12.2 Å². The van der Waals surface area contributed by atoms with Crippen molar-refractivity contribution in [2.24, 2.45) is 0 Å². The number of unbranched alkanes of at least 4 members (excludes halogenated alkanes) is 36. The highest BCUT2D eigenvalue weighted by Crippen LogP contribution is 2.45. The van der Waals surface area contributed by atoms with Gasteiger partial charge in [-0.2, -0.15) is 0 Å². The standard InChI is InChI=1S/C79H142O17P2/c1-5-9-13-17-21-25-29-33-35-36-38-42-44-48-52-56-60-64-77(82)90-70-75(96-79(84)66-62-58-54-50-46-40-32-28-24-20-16-12-8-4)72-94-98(87,88)92-68-73(80)67-91-97(85,86)93-71-74(95-78(83)65-61-57-53-49-45-39-31-27-23-19-15-11-7-3)69-89-76(81)63-59-55-51-47-43-41-37-34-30-26-22-18-14-10-6-2/h21,25,28,32-35,37-38,42,48,52,73-75,80H,5-20,22-24,26-27,29-31,36,39-41,43-47,49-51,53-72H2,1-4H3,(H,85,86)(H,87,88)/b25-21-,32-28-,35-33-,37-34-,42-38-,52-48-/t73-,74-,75-/m1/s1. The van der Waals surface area contributed by atoms with Crippen LogP contribution < -0.4 is 0 Å². The normalized spacial score (nSPS) is 14.3. The van der Waals surface area contributed by atoms with Crippen LogP contribution in [-0.2, 0) is 65.4 Å². The van der Waals surface area contributed by atoms with Crippen LogP contribution in [0.5, 0.6) is 0 Å². The van der Waals surface area contributed by atoms with Gasteiger partial charge in [0.15, 0.2) is 12.2 Å². The maximum Gasteiger partial charge on any atom is 0.472 e. The van der Waals surface area contributed by atoms with E-state index in [0.717, 1.165) is 128 Å². The molecule has 17 nitrogen and oxygen atoms in total. The highest BCUT2D eigenvalue weighted by Gasteiger charge is 2.30. The summed E-state index contributed by atoms with van der Waals surface area (Å²) in [6.07, 6.45) is 71.8. The first-order valence-electron chi connectivity index (χ1n) is 39.2. The molecule has 3 N–H and O–H groups in total. The molecule has 0 aromatic rings. The highest BCUT2D eigenvalue weighted by molar-refractivity contribution is 7.47. The molecule has 0 aliphatic carbocycles. The number of phosphoric ester groups is 2. The fraction of sp³-hybridized carbons (Fsp3) is 0.797. The lowest BCUT2D eigenvalue weighted by atomic mass is 10.0. The van der Waals surface area contributed by atoms with Gasteiger partial charge in [0.05, 0.1) is 26.4 Å². The van der Waals surface area contributed by atoms with Gasteiger partial charge < -0.3 is 33.8 Å². The van der Waals surface area contributed by atoms with Gasteiger partial charge in [0, 0.05) is 25.7 Å². The van der Waals surface area contributed by atoms with Crippen LogP contribution in [-0.4, -0.2) is 96.7 Å². The summed E-state index contributed by atoms with van der Waals surface area (Å²) >= 11 is 0. The Morgan fingerprint density at radius 2 is 0.510 bits per heavy atom. The Hall–Kier alpha value is -3.50. The van der Waals surface area contributed by atoms with Crippen molar-refractivity contribution in [3.8, 4) is 0 Å². The van der Waals surface area contributed by atoms with Gasteiger partial charge in [-0.3, -0.25) is 37.3 Å². The van der Waals surface area contributed by atoms with Crippen LogP contribution >= 0.6 is 15.6 Å². The van der Waals surface area contributed by atoms with E-state index < -0.39 is 97.5 Å². The Kier molecular flexibility index (Phi) is 69.3. The molecule has 0 spiro atoms. The van der Waals surface area contributed by atoms with Crippen molar-refractivity contribution in [1.82, 2.24) is 0 Å². The Morgan fingerprint density at radius 1 is 0.286 bits per heavy atom. The molecule has 19 heteroatoms. The highest BCUT2D eigenvalue weighted by atomic mass is 31.2. The lowest BCUT2D eigenvalue weighted by Gasteiger charge is -2.21. The molecule has 570 valence electrons. The number of carbonyl (C=O) groups is 4. The zero-order chi connectivity index (χ0) is 71.8. The van der Waals surface area contributed by atoms with Crippen molar-refractivity contribution in [2.75, 3.05) is 39.6 Å². The zero-order valence-electron chi connectivity index (χ0n) is 62.2. The van der Waals surface area contributed by atoms with Crippen LogP contribution in [0.4, 0.5) is 0 Å².